The van der Waals surface area contributed by atoms with E-state index in [2.05, 4.69) is 35.2 Å². The summed E-state index contributed by atoms with van der Waals surface area (Å²) in [5, 5.41) is 5.36. The molecule has 0 bridgehead atoms. The highest BCUT2D eigenvalue weighted by Gasteiger charge is 2.16. The largest absolute Gasteiger partial charge is 0.396 e. The van der Waals surface area contributed by atoms with Crippen LogP contribution in [-0.2, 0) is 19.3 Å². The summed E-state index contributed by atoms with van der Waals surface area (Å²) in [5.41, 5.74) is 8.88. The number of hydrogen-bond donors (Lipinski definition) is 1. The summed E-state index contributed by atoms with van der Waals surface area (Å²) in [6, 6.07) is 0. The van der Waals surface area contributed by atoms with Gasteiger partial charge in [-0.15, -0.1) is 0 Å². The van der Waals surface area contributed by atoms with E-state index in [1.807, 2.05) is 4.68 Å². The Bertz CT molecular complexity index is 529. The highest BCUT2D eigenvalue weighted by Crippen LogP contribution is 2.23. The van der Waals surface area contributed by atoms with E-state index in [1.54, 1.807) is 0 Å². The normalized spacial score (nSPS) is 11.1. The van der Waals surface area contributed by atoms with E-state index in [1.165, 1.54) is 11.5 Å². The number of hydrogen-bond acceptors (Lipinski definition) is 5. The molecule has 0 spiro atoms. The van der Waals surface area contributed by atoms with Crippen LogP contribution in [0.5, 0.6) is 0 Å². The molecule has 0 amide bonds. The van der Waals surface area contributed by atoms with Crippen molar-refractivity contribution in [2.75, 3.05) is 5.73 Å². The van der Waals surface area contributed by atoms with Gasteiger partial charge in [-0.25, -0.2) is 9.67 Å². The monoisotopic (exact) mass is 265 g/mol. The van der Waals surface area contributed by atoms with Crippen molar-refractivity contribution < 1.29 is 0 Å². The molecule has 98 valence electrons. The molecule has 0 saturated heterocycles. The van der Waals surface area contributed by atoms with Gasteiger partial charge in [0.2, 0.25) is 5.13 Å². The van der Waals surface area contributed by atoms with E-state index in [4.69, 9.17) is 5.73 Å². The maximum atomic E-state index is 6.10. The quantitative estimate of drug-likeness (QED) is 0.901. The summed E-state index contributed by atoms with van der Waals surface area (Å²) in [6.45, 7) is 6.27. The average molecular weight is 265 g/mol. The van der Waals surface area contributed by atoms with Crippen LogP contribution in [0.4, 0.5) is 5.69 Å². The predicted molar refractivity (Wildman–Crippen MR) is 74.2 cm³/mol. The van der Waals surface area contributed by atoms with Crippen LogP contribution in [0.25, 0.3) is 5.13 Å². The standard InChI is InChI=1S/C12H19N5S/c1-4-7-10-14-12(18-16-10)17-9(6-3)11(13)8(5-2)15-17/h4-7,13H2,1-3H3. The van der Waals surface area contributed by atoms with Crippen molar-refractivity contribution in [3.63, 3.8) is 0 Å². The second kappa shape index (κ2) is 5.48. The van der Waals surface area contributed by atoms with Crippen molar-refractivity contribution in [3.05, 3.63) is 17.2 Å². The van der Waals surface area contributed by atoms with Crippen molar-refractivity contribution in [1.82, 2.24) is 19.1 Å². The first kappa shape index (κ1) is 13.0. The van der Waals surface area contributed by atoms with Gasteiger partial charge in [-0.05, 0) is 19.3 Å². The SMILES string of the molecule is CCCc1nsc(-n2nc(CC)c(N)c2CC)n1. The Morgan fingerprint density at radius 2 is 2.00 bits per heavy atom. The molecule has 0 radical (unpaired) electrons. The van der Waals surface area contributed by atoms with Gasteiger partial charge in [0.15, 0.2) is 0 Å². The van der Waals surface area contributed by atoms with Crippen LogP contribution in [0.3, 0.4) is 0 Å². The van der Waals surface area contributed by atoms with Crippen molar-refractivity contribution >= 4 is 17.2 Å². The Morgan fingerprint density at radius 1 is 1.22 bits per heavy atom. The van der Waals surface area contributed by atoms with E-state index in [9.17, 15) is 0 Å². The van der Waals surface area contributed by atoms with Gasteiger partial charge in [0, 0.05) is 18.0 Å². The zero-order valence-corrected chi connectivity index (χ0v) is 11.9. The van der Waals surface area contributed by atoms with Crippen LogP contribution in [0.1, 0.15) is 44.4 Å². The van der Waals surface area contributed by atoms with Crippen LogP contribution in [0.15, 0.2) is 0 Å². The molecule has 2 heterocycles. The predicted octanol–water partition coefficient (Wildman–Crippen LogP) is 2.38. The van der Waals surface area contributed by atoms with Gasteiger partial charge >= 0.3 is 0 Å². The summed E-state index contributed by atoms with van der Waals surface area (Å²) in [4.78, 5) is 4.52. The first-order valence-corrected chi connectivity index (χ1v) is 7.17. The molecule has 5 nitrogen and oxygen atoms in total. The van der Waals surface area contributed by atoms with Crippen molar-refractivity contribution in [3.8, 4) is 5.13 Å². The van der Waals surface area contributed by atoms with E-state index < -0.39 is 0 Å². The summed E-state index contributed by atoms with van der Waals surface area (Å²) < 4.78 is 6.20. The Morgan fingerprint density at radius 3 is 2.61 bits per heavy atom. The number of nitrogen functional groups attached to an aromatic ring is 1. The molecule has 0 atom stereocenters. The van der Waals surface area contributed by atoms with Crippen LogP contribution >= 0.6 is 11.5 Å². The highest BCUT2D eigenvalue weighted by atomic mass is 32.1. The van der Waals surface area contributed by atoms with E-state index >= 15 is 0 Å². The number of aromatic nitrogens is 4. The van der Waals surface area contributed by atoms with Gasteiger partial charge in [-0.2, -0.15) is 9.47 Å². The molecule has 0 aliphatic rings. The summed E-state index contributed by atoms with van der Waals surface area (Å²) in [7, 11) is 0. The number of aryl methyl sites for hydroxylation is 2. The molecule has 0 aliphatic carbocycles. The van der Waals surface area contributed by atoms with Gasteiger partial charge in [0.05, 0.1) is 17.1 Å². The molecule has 0 saturated carbocycles. The molecule has 2 aromatic rings. The zero-order valence-electron chi connectivity index (χ0n) is 11.1. The maximum Gasteiger partial charge on any atom is 0.230 e. The van der Waals surface area contributed by atoms with Crippen LogP contribution < -0.4 is 5.73 Å². The fraction of sp³-hybridized carbons (Fsp3) is 0.583. The van der Waals surface area contributed by atoms with Crippen molar-refractivity contribution in [2.45, 2.75) is 46.5 Å². The van der Waals surface area contributed by atoms with E-state index in [-0.39, 0.29) is 0 Å². The van der Waals surface area contributed by atoms with Gasteiger partial charge in [0.1, 0.15) is 5.82 Å². The Kier molecular flexibility index (Phi) is 3.96. The summed E-state index contributed by atoms with van der Waals surface area (Å²) in [6.07, 6.45) is 3.65. The third kappa shape index (κ3) is 2.25. The fourth-order valence-electron chi connectivity index (χ4n) is 1.93. The summed E-state index contributed by atoms with van der Waals surface area (Å²) in [5.74, 6) is 0.895. The van der Waals surface area contributed by atoms with Crippen molar-refractivity contribution in [2.24, 2.45) is 0 Å². The van der Waals surface area contributed by atoms with Gasteiger partial charge in [-0.3, -0.25) is 0 Å². The first-order valence-electron chi connectivity index (χ1n) is 6.40. The first-order chi connectivity index (χ1) is 8.71. The minimum Gasteiger partial charge on any atom is -0.396 e. The van der Waals surface area contributed by atoms with Crippen LogP contribution in [0, 0.1) is 0 Å². The Hall–Kier alpha value is -1.43. The smallest absolute Gasteiger partial charge is 0.230 e. The van der Waals surface area contributed by atoms with Gasteiger partial charge in [-0.1, -0.05) is 20.8 Å². The summed E-state index contributed by atoms with van der Waals surface area (Å²) >= 11 is 1.39. The van der Waals surface area contributed by atoms with Crippen LogP contribution in [0.2, 0.25) is 0 Å². The molecule has 2 aromatic heterocycles. The average Bonchev–Trinajstić information content (AvgIpc) is 2.94. The lowest BCUT2D eigenvalue weighted by Gasteiger charge is -2.00. The number of anilines is 1. The molecule has 0 unspecified atom stereocenters. The third-order valence-electron chi connectivity index (χ3n) is 2.88. The lowest BCUT2D eigenvalue weighted by atomic mass is 10.2. The number of rotatable bonds is 5. The topological polar surface area (TPSA) is 69.6 Å². The minimum atomic E-state index is 0.798. The number of nitrogens with two attached hydrogens (primary N) is 1. The third-order valence-corrected chi connectivity index (χ3v) is 3.61. The van der Waals surface area contributed by atoms with Crippen LogP contribution in [-0.4, -0.2) is 19.1 Å². The van der Waals surface area contributed by atoms with E-state index in [0.29, 0.717) is 0 Å². The van der Waals surface area contributed by atoms with Gasteiger partial charge < -0.3 is 5.73 Å². The molecule has 0 aliphatic heterocycles. The Balaban J connectivity index is 2.42. The zero-order chi connectivity index (χ0) is 13.1. The second-order valence-corrected chi connectivity index (χ2v) is 4.90. The van der Waals surface area contributed by atoms with E-state index in [0.717, 1.165) is 53.7 Å². The maximum absolute atomic E-state index is 6.10. The second-order valence-electron chi connectivity index (χ2n) is 4.17. The lowest BCUT2D eigenvalue weighted by Crippen LogP contribution is -2.02. The molecule has 18 heavy (non-hydrogen) atoms. The lowest BCUT2D eigenvalue weighted by molar-refractivity contribution is 0.775. The molecule has 2 N–H and O–H groups in total. The Labute approximate surface area is 111 Å². The minimum absolute atomic E-state index is 0.798. The number of nitrogens with zero attached hydrogens (tertiary/aromatic N) is 4. The molecule has 2 rings (SSSR count). The molecule has 6 heteroatoms. The fourth-order valence-corrected chi connectivity index (χ4v) is 2.62. The molecular weight excluding hydrogens is 246 g/mol. The molecular formula is C12H19N5S. The molecule has 0 fully saturated rings. The van der Waals surface area contributed by atoms with Gasteiger partial charge in [0.25, 0.3) is 0 Å². The highest BCUT2D eigenvalue weighted by molar-refractivity contribution is 7.08. The molecule has 0 aromatic carbocycles. The van der Waals surface area contributed by atoms with Crippen molar-refractivity contribution in [1.29, 1.82) is 0 Å².